The quantitative estimate of drug-likeness (QED) is 0.224. The number of nitrogens with one attached hydrogen (secondary N) is 1. The molecule has 2 aromatic heterocycles. The highest BCUT2D eigenvalue weighted by Crippen LogP contribution is 2.35. The Morgan fingerprint density at radius 1 is 1.28 bits per heavy atom. The van der Waals surface area contributed by atoms with Gasteiger partial charge in [0, 0.05) is 18.0 Å². The first-order valence-electron chi connectivity index (χ1n) is 11.9. The molecule has 3 N–H and O–H groups in total. The van der Waals surface area contributed by atoms with Crippen molar-refractivity contribution in [2.75, 3.05) is 11.4 Å². The molecule has 12 heteroatoms. The lowest BCUT2D eigenvalue weighted by Gasteiger charge is -2.30. The standard InChI is InChI=1S/C24H34N7O4S/c1-14(2)10-29(16-7-8-16)23-27-18(12-36-23)20(33)31(17(11-32)9-24(4,5)6)21(34)19-15(3)30(13-26-19)22(35)28-25/h12-14,16-17H,7-10,25H2,1-6H3,(H,28,35)/t17-/m0/s1. The first kappa shape index (κ1) is 27.5. The Morgan fingerprint density at radius 2 is 1.94 bits per heavy atom. The van der Waals surface area contributed by atoms with Gasteiger partial charge in [-0.3, -0.25) is 29.3 Å². The van der Waals surface area contributed by atoms with Crippen molar-refractivity contribution in [2.45, 2.75) is 72.9 Å². The number of aromatic nitrogens is 3. The zero-order chi connectivity index (χ0) is 26.8. The largest absolute Gasteiger partial charge is 0.345 e. The lowest BCUT2D eigenvalue weighted by molar-refractivity contribution is 0.0552. The summed E-state index contributed by atoms with van der Waals surface area (Å²) in [5, 5.41) is 2.32. The van der Waals surface area contributed by atoms with Crippen LogP contribution in [0.5, 0.6) is 0 Å². The van der Waals surface area contributed by atoms with Gasteiger partial charge in [-0.05, 0) is 37.5 Å². The summed E-state index contributed by atoms with van der Waals surface area (Å²) in [5.41, 5.74) is 1.70. The van der Waals surface area contributed by atoms with Gasteiger partial charge in [-0.15, -0.1) is 11.3 Å². The van der Waals surface area contributed by atoms with Crippen molar-refractivity contribution in [1.29, 1.82) is 0 Å². The predicted molar refractivity (Wildman–Crippen MR) is 136 cm³/mol. The van der Waals surface area contributed by atoms with Crippen LogP contribution >= 0.6 is 11.3 Å². The van der Waals surface area contributed by atoms with E-state index in [2.05, 4.69) is 28.7 Å². The van der Waals surface area contributed by atoms with Crippen LogP contribution in [-0.2, 0) is 4.79 Å². The molecule has 3 amide bonds. The number of amides is 3. The molecule has 3 rings (SSSR count). The van der Waals surface area contributed by atoms with Gasteiger partial charge in [0.15, 0.2) is 5.13 Å². The minimum absolute atomic E-state index is 0.0729. The number of imide groups is 1. The molecule has 195 valence electrons. The fraction of sp³-hybridized carbons (Fsp3) is 0.583. The van der Waals surface area contributed by atoms with Gasteiger partial charge in [0.05, 0.1) is 5.69 Å². The summed E-state index contributed by atoms with van der Waals surface area (Å²) in [6.45, 7) is 12.3. The van der Waals surface area contributed by atoms with E-state index in [0.717, 1.165) is 35.2 Å². The fourth-order valence-electron chi connectivity index (χ4n) is 3.93. The number of imidazole rings is 1. The normalized spacial score (nSPS) is 14.4. The molecule has 1 radical (unpaired) electrons. The molecule has 0 saturated heterocycles. The van der Waals surface area contributed by atoms with Crippen LogP contribution in [-0.4, -0.2) is 62.2 Å². The highest BCUT2D eigenvalue weighted by molar-refractivity contribution is 7.14. The number of rotatable bonds is 9. The molecule has 1 aliphatic carbocycles. The van der Waals surface area contributed by atoms with Crippen molar-refractivity contribution >= 4 is 40.6 Å². The number of nitrogens with two attached hydrogens (primary N) is 1. The van der Waals surface area contributed by atoms with Crippen molar-refractivity contribution in [2.24, 2.45) is 17.2 Å². The van der Waals surface area contributed by atoms with Gasteiger partial charge in [0.25, 0.3) is 11.8 Å². The number of carbonyl (C=O) groups is 3. The molecule has 1 fully saturated rings. The number of anilines is 1. The van der Waals surface area contributed by atoms with Crippen molar-refractivity contribution < 1.29 is 19.2 Å². The van der Waals surface area contributed by atoms with E-state index in [1.54, 1.807) is 5.38 Å². The van der Waals surface area contributed by atoms with E-state index in [0.29, 0.717) is 17.1 Å². The predicted octanol–water partition coefficient (Wildman–Crippen LogP) is 2.90. The molecule has 0 unspecified atom stereocenters. The monoisotopic (exact) mass is 516 g/mol. The molecule has 2 aromatic rings. The van der Waals surface area contributed by atoms with E-state index in [4.69, 9.17) is 5.84 Å². The number of nitrogen functional groups attached to an aromatic ring is 1. The van der Waals surface area contributed by atoms with Gasteiger partial charge in [0.2, 0.25) is 6.29 Å². The smallest absolute Gasteiger partial charge is 0.341 e. The molecule has 11 nitrogen and oxygen atoms in total. The average molecular weight is 517 g/mol. The van der Waals surface area contributed by atoms with Crippen molar-refractivity contribution in [3.63, 3.8) is 0 Å². The second kappa shape index (κ2) is 10.9. The van der Waals surface area contributed by atoms with Crippen LogP contribution in [0, 0.1) is 18.3 Å². The first-order chi connectivity index (χ1) is 16.9. The second-order valence-corrected chi connectivity index (χ2v) is 11.5. The van der Waals surface area contributed by atoms with Gasteiger partial charge >= 0.3 is 6.03 Å². The van der Waals surface area contributed by atoms with E-state index in [-0.39, 0.29) is 28.9 Å². The maximum absolute atomic E-state index is 13.7. The Kier molecular flexibility index (Phi) is 8.29. The van der Waals surface area contributed by atoms with E-state index in [1.807, 2.05) is 32.5 Å². The highest BCUT2D eigenvalue weighted by Gasteiger charge is 2.38. The number of hydrogen-bond acceptors (Lipinski definition) is 9. The number of hydrazine groups is 1. The van der Waals surface area contributed by atoms with Gasteiger partial charge in [-0.2, -0.15) is 0 Å². The van der Waals surface area contributed by atoms with E-state index in [9.17, 15) is 19.2 Å². The van der Waals surface area contributed by atoms with Gasteiger partial charge in [-0.1, -0.05) is 34.6 Å². The molecular formula is C24H34N7O4S. The van der Waals surface area contributed by atoms with E-state index < -0.39 is 23.9 Å². The molecule has 2 heterocycles. The summed E-state index contributed by atoms with van der Waals surface area (Å²) in [6.07, 6.45) is 5.35. The van der Waals surface area contributed by atoms with Crippen LogP contribution in [0.2, 0.25) is 0 Å². The van der Waals surface area contributed by atoms with Crippen molar-refractivity contribution in [3.8, 4) is 0 Å². The lowest BCUT2D eigenvalue weighted by Crippen LogP contribution is -2.47. The van der Waals surface area contributed by atoms with Gasteiger partial charge in [-0.25, -0.2) is 20.6 Å². The Hall–Kier alpha value is -3.12. The summed E-state index contributed by atoms with van der Waals surface area (Å²) in [6, 6.07) is -1.46. The summed E-state index contributed by atoms with van der Waals surface area (Å²) < 4.78 is 1.06. The molecular weight excluding hydrogens is 482 g/mol. The van der Waals surface area contributed by atoms with Crippen LogP contribution in [0.3, 0.4) is 0 Å². The van der Waals surface area contributed by atoms with E-state index >= 15 is 0 Å². The van der Waals surface area contributed by atoms with Crippen LogP contribution in [0.1, 0.15) is 80.6 Å². The maximum Gasteiger partial charge on any atom is 0.341 e. The minimum Gasteiger partial charge on any atom is -0.345 e. The van der Waals surface area contributed by atoms with Gasteiger partial charge < -0.3 is 4.90 Å². The fourth-order valence-corrected chi connectivity index (χ4v) is 4.81. The average Bonchev–Trinajstić information content (AvgIpc) is 3.39. The number of nitrogens with zero attached hydrogens (tertiary/aromatic N) is 5. The molecule has 1 saturated carbocycles. The third-order valence-electron chi connectivity index (χ3n) is 5.75. The van der Waals surface area contributed by atoms with E-state index in [1.165, 1.54) is 18.3 Å². The van der Waals surface area contributed by atoms with Crippen molar-refractivity contribution in [3.05, 3.63) is 28.8 Å². The molecule has 1 atom stereocenters. The SMILES string of the molecule is Cc1c(C(=O)N(C(=O)c2csc(N(CC(C)C)C3CC3)n2)[C@H]([C]=O)CC(C)(C)C)ncn1C(=O)NN. The third kappa shape index (κ3) is 6.16. The summed E-state index contributed by atoms with van der Waals surface area (Å²) >= 11 is 1.34. The highest BCUT2D eigenvalue weighted by atomic mass is 32.1. The summed E-state index contributed by atoms with van der Waals surface area (Å²) in [7, 11) is 0. The topological polar surface area (TPSA) is 144 Å². The number of hydrogen-bond donors (Lipinski definition) is 2. The Morgan fingerprint density at radius 3 is 2.47 bits per heavy atom. The number of thiazole rings is 1. The Balaban J connectivity index is 2.00. The lowest BCUT2D eigenvalue weighted by atomic mass is 9.87. The number of carbonyl (C=O) groups excluding carboxylic acids is 4. The van der Waals surface area contributed by atoms with Crippen LogP contribution in [0.25, 0.3) is 0 Å². The molecule has 1 aliphatic rings. The van der Waals surface area contributed by atoms with Crippen LogP contribution in [0.15, 0.2) is 11.7 Å². The Bertz CT molecular complexity index is 1130. The summed E-state index contributed by atoms with van der Waals surface area (Å²) in [4.78, 5) is 63.1. The minimum atomic E-state index is -1.17. The molecule has 36 heavy (non-hydrogen) atoms. The van der Waals surface area contributed by atoms with Crippen molar-refractivity contribution in [1.82, 2.24) is 24.9 Å². The summed E-state index contributed by atoms with van der Waals surface area (Å²) in [5.74, 6) is 4.10. The molecule has 0 spiro atoms. The van der Waals surface area contributed by atoms with Crippen LogP contribution < -0.4 is 16.2 Å². The molecule has 0 aliphatic heterocycles. The zero-order valence-electron chi connectivity index (χ0n) is 21.6. The molecule has 0 aromatic carbocycles. The third-order valence-corrected chi connectivity index (χ3v) is 6.63. The first-order valence-corrected chi connectivity index (χ1v) is 12.8. The second-order valence-electron chi connectivity index (χ2n) is 10.7. The van der Waals surface area contributed by atoms with Crippen LogP contribution in [0.4, 0.5) is 9.93 Å². The zero-order valence-corrected chi connectivity index (χ0v) is 22.4. The Labute approximate surface area is 215 Å². The molecule has 0 bridgehead atoms. The van der Waals surface area contributed by atoms with Gasteiger partial charge in [0.1, 0.15) is 23.8 Å². The maximum atomic E-state index is 13.7.